The van der Waals surface area contributed by atoms with Crippen molar-refractivity contribution in [2.45, 2.75) is 33.7 Å². The Morgan fingerprint density at radius 3 is 2.44 bits per heavy atom. The second-order valence-electron chi connectivity index (χ2n) is 5.00. The third-order valence-corrected chi connectivity index (χ3v) is 3.55. The van der Waals surface area contributed by atoms with Crippen LogP contribution >= 0.6 is 0 Å². The minimum absolute atomic E-state index is 0.0186. The molecule has 0 fully saturated rings. The van der Waals surface area contributed by atoms with Crippen LogP contribution in [0.15, 0.2) is 18.2 Å². The van der Waals surface area contributed by atoms with E-state index < -0.39 is 0 Å². The highest BCUT2D eigenvalue weighted by atomic mass is 19.1. The zero-order valence-corrected chi connectivity index (χ0v) is 12.0. The van der Waals surface area contributed by atoms with Crippen LogP contribution in [0.4, 0.5) is 4.39 Å². The van der Waals surface area contributed by atoms with Crippen LogP contribution in [-0.4, -0.2) is 13.7 Å². The summed E-state index contributed by atoms with van der Waals surface area (Å²) in [6.45, 7) is 9.33. The molecule has 0 radical (unpaired) electrons. The second kappa shape index (κ2) is 6.74. The molecule has 0 aliphatic heterocycles. The summed E-state index contributed by atoms with van der Waals surface area (Å²) in [5.74, 6) is 0.899. The Balaban J connectivity index is 3.13. The number of methoxy groups -OCH3 is 1. The summed E-state index contributed by atoms with van der Waals surface area (Å²) in [7, 11) is 1.50. The number of ether oxygens (including phenoxy) is 1. The molecule has 2 atom stereocenters. The lowest BCUT2D eigenvalue weighted by Gasteiger charge is -2.28. The lowest BCUT2D eigenvalue weighted by Crippen LogP contribution is -2.30. The van der Waals surface area contributed by atoms with E-state index in [1.807, 2.05) is 19.1 Å². The van der Waals surface area contributed by atoms with Gasteiger partial charge in [0.15, 0.2) is 11.6 Å². The maximum atomic E-state index is 14.3. The predicted molar refractivity (Wildman–Crippen MR) is 73.4 cm³/mol. The molecule has 0 amide bonds. The zero-order valence-electron chi connectivity index (χ0n) is 12.0. The molecule has 0 saturated heterocycles. The summed E-state index contributed by atoms with van der Waals surface area (Å²) in [6, 6.07) is 5.35. The molecule has 1 aromatic carbocycles. The number of hydrogen-bond donors (Lipinski definition) is 1. The van der Waals surface area contributed by atoms with Crippen molar-refractivity contribution in [3.63, 3.8) is 0 Å². The van der Waals surface area contributed by atoms with E-state index in [1.165, 1.54) is 7.11 Å². The van der Waals surface area contributed by atoms with Gasteiger partial charge in [-0.15, -0.1) is 0 Å². The van der Waals surface area contributed by atoms with E-state index in [0.29, 0.717) is 23.1 Å². The Labute approximate surface area is 110 Å². The van der Waals surface area contributed by atoms with Gasteiger partial charge < -0.3 is 10.1 Å². The van der Waals surface area contributed by atoms with Gasteiger partial charge in [-0.2, -0.15) is 0 Å². The standard InChI is InChI=1S/C15H24FNO/c1-6-17-15(11(4)10(2)3)12-8-7-9-13(18-5)14(12)16/h7-11,15,17H,6H2,1-5H3. The van der Waals surface area contributed by atoms with E-state index in [1.54, 1.807) is 6.07 Å². The fourth-order valence-corrected chi connectivity index (χ4v) is 2.11. The van der Waals surface area contributed by atoms with Crippen molar-refractivity contribution in [2.75, 3.05) is 13.7 Å². The molecule has 0 aromatic heterocycles. The molecule has 1 aromatic rings. The number of halogens is 1. The van der Waals surface area contributed by atoms with Gasteiger partial charge in [0.25, 0.3) is 0 Å². The van der Waals surface area contributed by atoms with Gasteiger partial charge >= 0.3 is 0 Å². The molecule has 0 bridgehead atoms. The third-order valence-electron chi connectivity index (χ3n) is 3.55. The maximum Gasteiger partial charge on any atom is 0.169 e. The fraction of sp³-hybridized carbons (Fsp3) is 0.600. The van der Waals surface area contributed by atoms with Gasteiger partial charge in [0, 0.05) is 11.6 Å². The minimum Gasteiger partial charge on any atom is -0.494 e. The first-order chi connectivity index (χ1) is 8.52. The van der Waals surface area contributed by atoms with E-state index in [2.05, 4.69) is 26.1 Å². The topological polar surface area (TPSA) is 21.3 Å². The molecular formula is C15H24FNO. The summed E-state index contributed by atoms with van der Waals surface area (Å²) < 4.78 is 19.4. The van der Waals surface area contributed by atoms with Crippen molar-refractivity contribution in [1.82, 2.24) is 5.32 Å². The van der Waals surface area contributed by atoms with Crippen LogP contribution in [0.3, 0.4) is 0 Å². The first-order valence-electron chi connectivity index (χ1n) is 6.58. The largest absolute Gasteiger partial charge is 0.494 e. The van der Waals surface area contributed by atoms with Crippen LogP contribution in [0.5, 0.6) is 5.75 Å². The summed E-state index contributed by atoms with van der Waals surface area (Å²) in [5.41, 5.74) is 0.692. The van der Waals surface area contributed by atoms with Crippen molar-refractivity contribution in [3.8, 4) is 5.75 Å². The van der Waals surface area contributed by atoms with Crippen molar-refractivity contribution < 1.29 is 9.13 Å². The van der Waals surface area contributed by atoms with Crippen LogP contribution in [-0.2, 0) is 0 Å². The zero-order chi connectivity index (χ0) is 13.7. The monoisotopic (exact) mass is 253 g/mol. The normalized spacial score (nSPS) is 14.6. The molecule has 2 unspecified atom stereocenters. The summed E-state index contributed by atoms with van der Waals surface area (Å²) in [5, 5.41) is 3.38. The smallest absolute Gasteiger partial charge is 0.169 e. The van der Waals surface area contributed by atoms with Gasteiger partial charge in [0.1, 0.15) is 0 Å². The quantitative estimate of drug-likeness (QED) is 0.833. The second-order valence-corrected chi connectivity index (χ2v) is 5.00. The first-order valence-corrected chi connectivity index (χ1v) is 6.58. The Hall–Kier alpha value is -1.09. The van der Waals surface area contributed by atoms with Crippen LogP contribution in [0.2, 0.25) is 0 Å². The van der Waals surface area contributed by atoms with Gasteiger partial charge in [-0.05, 0) is 24.4 Å². The SMILES string of the molecule is CCNC(c1cccc(OC)c1F)C(C)C(C)C. The van der Waals surface area contributed by atoms with Crippen LogP contribution < -0.4 is 10.1 Å². The highest BCUT2D eigenvalue weighted by Crippen LogP contribution is 2.32. The number of rotatable bonds is 6. The molecule has 0 spiro atoms. The molecular weight excluding hydrogens is 229 g/mol. The van der Waals surface area contributed by atoms with Gasteiger partial charge in [-0.25, -0.2) is 4.39 Å². The highest BCUT2D eigenvalue weighted by molar-refractivity contribution is 5.33. The molecule has 18 heavy (non-hydrogen) atoms. The van der Waals surface area contributed by atoms with Crippen LogP contribution in [0.25, 0.3) is 0 Å². The van der Waals surface area contributed by atoms with Gasteiger partial charge in [-0.3, -0.25) is 0 Å². The average Bonchev–Trinajstić information content (AvgIpc) is 2.36. The molecule has 0 heterocycles. The summed E-state index contributed by atoms with van der Waals surface area (Å²) in [6.07, 6.45) is 0. The lowest BCUT2D eigenvalue weighted by atomic mass is 9.85. The van der Waals surface area contributed by atoms with E-state index in [4.69, 9.17) is 4.74 Å². The summed E-state index contributed by atoms with van der Waals surface area (Å²) >= 11 is 0. The molecule has 0 aliphatic rings. The van der Waals surface area contributed by atoms with Crippen molar-refractivity contribution in [2.24, 2.45) is 11.8 Å². The van der Waals surface area contributed by atoms with E-state index in [-0.39, 0.29) is 11.9 Å². The first kappa shape index (κ1) is 15.0. The third kappa shape index (κ3) is 3.22. The molecule has 3 heteroatoms. The van der Waals surface area contributed by atoms with Crippen LogP contribution in [0, 0.1) is 17.7 Å². The Morgan fingerprint density at radius 2 is 1.94 bits per heavy atom. The van der Waals surface area contributed by atoms with E-state index in [9.17, 15) is 4.39 Å². The van der Waals surface area contributed by atoms with Gasteiger partial charge in [0.2, 0.25) is 0 Å². The maximum absolute atomic E-state index is 14.3. The lowest BCUT2D eigenvalue weighted by molar-refractivity contribution is 0.296. The molecule has 0 aliphatic carbocycles. The molecule has 102 valence electrons. The predicted octanol–water partition coefficient (Wildman–Crippen LogP) is 3.78. The number of nitrogens with one attached hydrogen (secondary N) is 1. The van der Waals surface area contributed by atoms with Crippen molar-refractivity contribution in [1.29, 1.82) is 0 Å². The van der Waals surface area contributed by atoms with E-state index >= 15 is 0 Å². The Morgan fingerprint density at radius 1 is 1.28 bits per heavy atom. The van der Waals surface area contributed by atoms with Crippen LogP contribution in [0.1, 0.15) is 39.3 Å². The molecule has 1 N–H and O–H groups in total. The Bertz CT molecular complexity index is 379. The van der Waals surface area contributed by atoms with E-state index in [0.717, 1.165) is 6.54 Å². The summed E-state index contributed by atoms with van der Waals surface area (Å²) in [4.78, 5) is 0. The van der Waals surface area contributed by atoms with Gasteiger partial charge in [-0.1, -0.05) is 39.8 Å². The van der Waals surface area contributed by atoms with Crippen molar-refractivity contribution >= 4 is 0 Å². The minimum atomic E-state index is -0.251. The molecule has 2 nitrogen and oxygen atoms in total. The highest BCUT2D eigenvalue weighted by Gasteiger charge is 2.25. The molecule has 0 saturated carbocycles. The van der Waals surface area contributed by atoms with Crippen molar-refractivity contribution in [3.05, 3.63) is 29.6 Å². The van der Waals surface area contributed by atoms with Gasteiger partial charge in [0.05, 0.1) is 7.11 Å². The fourth-order valence-electron chi connectivity index (χ4n) is 2.11. The molecule has 1 rings (SSSR count). The number of benzene rings is 1. The Kier molecular flexibility index (Phi) is 5.60. The average molecular weight is 253 g/mol. The number of hydrogen-bond acceptors (Lipinski definition) is 2.